The molecule has 1 aromatic heterocycles. The highest BCUT2D eigenvalue weighted by molar-refractivity contribution is 6.38. The highest BCUT2D eigenvalue weighted by atomic mass is 16.6. The molecule has 17 nitrogen and oxygen atoms in total. The minimum Gasteiger partial charge on any atom is -0.444 e. The first-order valence-electron chi connectivity index (χ1n) is 21.9. The number of ether oxygens (including phenoxy) is 1. The number of amides is 5. The first kappa shape index (κ1) is 49.8. The monoisotopic (exact) mass is 873 g/mol. The Kier molecular flexibility index (Phi) is 18.6. The zero-order valence-electron chi connectivity index (χ0n) is 37.4. The van der Waals surface area contributed by atoms with Gasteiger partial charge < -0.3 is 30.5 Å². The average molecular weight is 874 g/mol. The van der Waals surface area contributed by atoms with E-state index >= 15 is 0 Å². The van der Waals surface area contributed by atoms with Crippen LogP contribution in [0.15, 0.2) is 48.9 Å². The highest BCUT2D eigenvalue weighted by Gasteiger charge is 2.43. The Morgan fingerprint density at radius 2 is 1.54 bits per heavy atom. The predicted molar refractivity (Wildman–Crippen MR) is 231 cm³/mol. The maximum absolute atomic E-state index is 14.1. The predicted octanol–water partition coefficient (Wildman–Crippen LogP) is 4.10. The van der Waals surface area contributed by atoms with Crippen LogP contribution in [0.1, 0.15) is 127 Å². The third-order valence-corrected chi connectivity index (χ3v) is 11.3. The lowest BCUT2D eigenvalue weighted by atomic mass is 9.81. The number of nitrogens with one attached hydrogen (secondary N) is 3. The van der Waals surface area contributed by atoms with E-state index in [1.54, 1.807) is 72.1 Å². The maximum atomic E-state index is 14.1. The van der Waals surface area contributed by atoms with Crippen LogP contribution in [-0.4, -0.2) is 117 Å². The van der Waals surface area contributed by atoms with Crippen LogP contribution in [-0.2, 0) is 38.3 Å². The van der Waals surface area contributed by atoms with E-state index < -0.39 is 83.1 Å². The summed E-state index contributed by atoms with van der Waals surface area (Å²) in [5.41, 5.74) is -0.231. The molecule has 1 aliphatic heterocycles. The molecular weight excluding hydrogens is 811 g/mol. The van der Waals surface area contributed by atoms with Crippen molar-refractivity contribution in [3.05, 3.63) is 60.2 Å². The zero-order valence-corrected chi connectivity index (χ0v) is 37.4. The smallest absolute Gasteiger partial charge is 0.410 e. The van der Waals surface area contributed by atoms with E-state index in [4.69, 9.17) is 4.74 Å². The summed E-state index contributed by atoms with van der Waals surface area (Å²) in [7, 11) is 3.12. The number of benzene rings is 1. The minimum absolute atomic E-state index is 0.0668. The molecule has 5 atom stereocenters. The van der Waals surface area contributed by atoms with E-state index in [0.29, 0.717) is 12.0 Å². The summed E-state index contributed by atoms with van der Waals surface area (Å²) >= 11 is 0. The van der Waals surface area contributed by atoms with E-state index in [9.17, 15) is 43.2 Å². The van der Waals surface area contributed by atoms with Gasteiger partial charge in [-0.1, -0.05) is 62.9 Å². The van der Waals surface area contributed by atoms with Crippen molar-refractivity contribution < 1.29 is 47.9 Å². The number of ketones is 4. The lowest BCUT2D eigenvalue weighted by Crippen LogP contribution is -2.47. The van der Waals surface area contributed by atoms with E-state index in [1.807, 2.05) is 0 Å². The van der Waals surface area contributed by atoms with Crippen molar-refractivity contribution in [3.63, 3.8) is 0 Å². The number of carbonyl (C=O) groups excluding carboxylic acids is 9. The van der Waals surface area contributed by atoms with Crippen molar-refractivity contribution >= 4 is 52.9 Å². The van der Waals surface area contributed by atoms with Gasteiger partial charge in [-0.3, -0.25) is 43.3 Å². The van der Waals surface area contributed by atoms with E-state index in [0.717, 1.165) is 32.1 Å². The SMILES string of the molecule is CCC[C@H](CC(=O)[C@@H]1CN(C(=O)OC(C)(C)C)C[C@@H]1NC(=O)CCC(=O)[C@@H](NC(=O)c1cnccn1)C1CCCCC1)C(=O)C(=O)CCC(=O)N[C@H](C(=O)N(C)C)c1ccccc1. The first-order valence-corrected chi connectivity index (χ1v) is 21.9. The second-order valence-corrected chi connectivity index (χ2v) is 17.7. The highest BCUT2D eigenvalue weighted by Crippen LogP contribution is 2.29. The van der Waals surface area contributed by atoms with Gasteiger partial charge in [-0.2, -0.15) is 0 Å². The van der Waals surface area contributed by atoms with Crippen LogP contribution in [0.2, 0.25) is 0 Å². The molecule has 2 aromatic rings. The van der Waals surface area contributed by atoms with Crippen LogP contribution in [0.3, 0.4) is 0 Å². The van der Waals surface area contributed by atoms with Gasteiger partial charge in [0.1, 0.15) is 23.1 Å². The minimum atomic E-state index is -1.01. The molecule has 5 amide bonds. The first-order chi connectivity index (χ1) is 29.9. The van der Waals surface area contributed by atoms with Gasteiger partial charge in [0.25, 0.3) is 5.91 Å². The molecule has 3 N–H and O–H groups in total. The Hall–Kier alpha value is -5.87. The van der Waals surface area contributed by atoms with Crippen LogP contribution in [0, 0.1) is 17.8 Å². The van der Waals surface area contributed by atoms with Crippen molar-refractivity contribution in [2.75, 3.05) is 27.2 Å². The fourth-order valence-corrected chi connectivity index (χ4v) is 8.05. The molecule has 1 saturated carbocycles. The number of Topliss-reactive ketones (excluding diaryl/α,β-unsaturated/α-hetero) is 4. The molecule has 2 aliphatic rings. The maximum Gasteiger partial charge on any atom is 0.410 e. The van der Waals surface area contributed by atoms with Gasteiger partial charge in [0.2, 0.25) is 23.5 Å². The number of aromatic nitrogens is 2. The summed E-state index contributed by atoms with van der Waals surface area (Å²) in [4.78, 5) is 131. The third-order valence-electron chi connectivity index (χ3n) is 11.3. The Bertz CT molecular complexity index is 1950. The number of likely N-dealkylation sites (tertiary alicyclic amines) is 1. The topological polar surface area (TPSA) is 231 Å². The second-order valence-electron chi connectivity index (χ2n) is 17.7. The molecule has 1 aliphatic carbocycles. The molecule has 0 unspecified atom stereocenters. The molecule has 1 aromatic carbocycles. The normalized spacial score (nSPS) is 18.0. The van der Waals surface area contributed by atoms with Crippen molar-refractivity contribution in [2.24, 2.45) is 17.8 Å². The van der Waals surface area contributed by atoms with Gasteiger partial charge in [-0.15, -0.1) is 0 Å². The van der Waals surface area contributed by atoms with Gasteiger partial charge in [-0.05, 0) is 51.5 Å². The number of hydrogen-bond donors (Lipinski definition) is 3. The van der Waals surface area contributed by atoms with E-state index in [2.05, 4.69) is 25.9 Å². The summed E-state index contributed by atoms with van der Waals surface area (Å²) in [6.45, 7) is 6.70. The van der Waals surface area contributed by atoms with Crippen LogP contribution in [0.4, 0.5) is 4.79 Å². The summed E-state index contributed by atoms with van der Waals surface area (Å²) < 4.78 is 5.56. The van der Waals surface area contributed by atoms with Crippen molar-refractivity contribution in [1.82, 2.24) is 35.7 Å². The van der Waals surface area contributed by atoms with Gasteiger partial charge in [-0.25, -0.2) is 9.78 Å². The molecule has 0 bridgehead atoms. The Morgan fingerprint density at radius 1 is 0.857 bits per heavy atom. The zero-order chi connectivity index (χ0) is 46.3. The quantitative estimate of drug-likeness (QED) is 0.151. The average Bonchev–Trinajstić information content (AvgIpc) is 3.69. The second kappa shape index (κ2) is 23.5. The lowest BCUT2D eigenvalue weighted by molar-refractivity contribution is -0.141. The molecule has 4 rings (SSSR count). The molecule has 63 heavy (non-hydrogen) atoms. The number of nitrogens with zero attached hydrogens (tertiary/aromatic N) is 4. The molecular formula is C46H63N7O10. The summed E-state index contributed by atoms with van der Waals surface area (Å²) in [5.74, 6) is -6.54. The fourth-order valence-electron chi connectivity index (χ4n) is 8.05. The number of rotatable bonds is 21. The van der Waals surface area contributed by atoms with Crippen LogP contribution in [0.5, 0.6) is 0 Å². The molecule has 0 spiro atoms. The van der Waals surface area contributed by atoms with Gasteiger partial charge in [0.05, 0.1) is 24.2 Å². The van der Waals surface area contributed by atoms with Crippen LogP contribution < -0.4 is 16.0 Å². The van der Waals surface area contributed by atoms with E-state index in [1.165, 1.54) is 28.4 Å². The largest absolute Gasteiger partial charge is 0.444 e. The van der Waals surface area contributed by atoms with Crippen LogP contribution >= 0.6 is 0 Å². The van der Waals surface area contributed by atoms with Gasteiger partial charge >= 0.3 is 6.09 Å². The van der Waals surface area contributed by atoms with Crippen molar-refractivity contribution in [1.29, 1.82) is 0 Å². The molecule has 2 fully saturated rings. The third kappa shape index (κ3) is 15.2. The van der Waals surface area contributed by atoms with Crippen LogP contribution in [0.25, 0.3) is 0 Å². The Labute approximate surface area is 369 Å². The molecule has 342 valence electrons. The summed E-state index contributed by atoms with van der Waals surface area (Å²) in [6.07, 6.45) is 6.85. The molecule has 2 heterocycles. The molecule has 0 radical (unpaired) electrons. The van der Waals surface area contributed by atoms with E-state index in [-0.39, 0.29) is 68.5 Å². The van der Waals surface area contributed by atoms with Crippen molar-refractivity contribution in [3.8, 4) is 0 Å². The van der Waals surface area contributed by atoms with Crippen molar-refractivity contribution in [2.45, 2.75) is 128 Å². The van der Waals surface area contributed by atoms with Gasteiger partial charge in [0, 0.05) is 77.6 Å². The lowest BCUT2D eigenvalue weighted by Gasteiger charge is -2.30. The Balaban J connectivity index is 1.42. The molecule has 1 saturated heterocycles. The number of hydrogen-bond acceptors (Lipinski definition) is 12. The Morgan fingerprint density at radius 3 is 2.16 bits per heavy atom. The fraction of sp³-hybridized carbons (Fsp3) is 0.587. The number of carbonyl (C=O) groups is 9. The van der Waals surface area contributed by atoms with Gasteiger partial charge in [0.15, 0.2) is 11.6 Å². The standard InChI is InChI=1S/C46H63N7O10/c1-7-14-31(42(59)36(55)20-22-39(58)50-41(44(61)52(5)6)30-17-12-9-13-18-30)25-37(56)32-27-53(45(62)63-46(2,3)4)28-34(32)49-38(57)21-19-35(54)40(29-15-10-8-11-16-29)51-43(60)33-26-47-23-24-48-33/h9,12-13,17-18,23-24,26,29,31-32,34,40-41H,7-8,10-11,14-16,19-22,25,27-28H2,1-6H3,(H,49,57)(H,50,58)(H,51,60)/t31-,32-,34+,40+,41+/m1/s1. The summed E-state index contributed by atoms with van der Waals surface area (Å²) in [5, 5.41) is 8.33. The molecule has 17 heteroatoms. The number of likely N-dealkylation sites (N-methyl/N-ethyl adjacent to an activating group) is 1. The summed E-state index contributed by atoms with van der Waals surface area (Å²) in [6, 6.07) is 5.91.